The number of benzene rings is 2. The molecule has 152 valence electrons. The number of alkyl halides is 4. The maximum atomic E-state index is 13.6. The van der Waals surface area contributed by atoms with Gasteiger partial charge in [-0.25, -0.2) is 4.39 Å². The Morgan fingerprint density at radius 1 is 1.10 bits per heavy atom. The van der Waals surface area contributed by atoms with Gasteiger partial charge in [0.05, 0.1) is 28.9 Å². The fourth-order valence-corrected chi connectivity index (χ4v) is 2.94. The molecule has 0 saturated carbocycles. The maximum Gasteiger partial charge on any atom is 0.418 e. The van der Waals surface area contributed by atoms with Gasteiger partial charge in [-0.05, 0) is 41.5 Å². The molecule has 0 unspecified atom stereocenters. The van der Waals surface area contributed by atoms with Crippen molar-refractivity contribution in [1.82, 2.24) is 10.3 Å². The predicted octanol–water partition coefficient (Wildman–Crippen LogP) is 4.96. The molecule has 0 saturated heterocycles. The second-order valence-corrected chi connectivity index (χ2v) is 6.41. The van der Waals surface area contributed by atoms with Gasteiger partial charge in [-0.15, -0.1) is 0 Å². The van der Waals surface area contributed by atoms with E-state index in [2.05, 4.69) is 10.3 Å². The molecule has 1 amide bonds. The van der Waals surface area contributed by atoms with Crippen molar-refractivity contribution in [2.75, 3.05) is 0 Å². The Balaban J connectivity index is 2.06. The highest BCUT2D eigenvalue weighted by Crippen LogP contribution is 2.35. The molecule has 1 atom stereocenters. The standard InChI is InChI=1S/C22H15F4N3O/c23-12-14-6-8-16(9-7-14)19(20-18(22(24,25)26)5-2-10-28-20)29-21(30)17-4-1-3-15(11-17)13-27/h1-11,19H,12H2,(H,29,30)/t19-/m0/s1. The lowest BCUT2D eigenvalue weighted by Gasteiger charge is -2.22. The third-order valence-electron chi connectivity index (χ3n) is 4.41. The summed E-state index contributed by atoms with van der Waals surface area (Å²) in [4.78, 5) is 16.6. The first kappa shape index (κ1) is 21.0. The summed E-state index contributed by atoms with van der Waals surface area (Å²) in [6, 6.07) is 14.2. The first-order valence-corrected chi connectivity index (χ1v) is 8.81. The van der Waals surface area contributed by atoms with Gasteiger partial charge in [0.15, 0.2) is 0 Å². The zero-order chi connectivity index (χ0) is 21.7. The molecule has 0 fully saturated rings. The summed E-state index contributed by atoms with van der Waals surface area (Å²) in [5.41, 5.74) is -0.369. The second kappa shape index (κ2) is 8.74. The predicted molar refractivity (Wildman–Crippen MR) is 101 cm³/mol. The molecule has 1 N–H and O–H groups in total. The van der Waals surface area contributed by atoms with Crippen LogP contribution in [0.3, 0.4) is 0 Å². The van der Waals surface area contributed by atoms with E-state index in [9.17, 15) is 22.4 Å². The average molecular weight is 413 g/mol. The van der Waals surface area contributed by atoms with Crippen molar-refractivity contribution >= 4 is 5.91 Å². The highest BCUT2D eigenvalue weighted by molar-refractivity contribution is 5.95. The van der Waals surface area contributed by atoms with Crippen LogP contribution in [0.15, 0.2) is 66.9 Å². The lowest BCUT2D eigenvalue weighted by Crippen LogP contribution is -2.31. The van der Waals surface area contributed by atoms with Crippen molar-refractivity contribution in [3.05, 3.63) is 100 Å². The molecule has 1 heterocycles. The number of hydrogen-bond donors (Lipinski definition) is 1. The molecule has 0 aliphatic rings. The second-order valence-electron chi connectivity index (χ2n) is 6.41. The molecule has 8 heteroatoms. The maximum absolute atomic E-state index is 13.6. The highest BCUT2D eigenvalue weighted by Gasteiger charge is 2.37. The van der Waals surface area contributed by atoms with Gasteiger partial charge in [0.25, 0.3) is 5.91 Å². The molecule has 2 aromatic carbocycles. The van der Waals surface area contributed by atoms with Crippen LogP contribution in [-0.2, 0) is 12.9 Å². The van der Waals surface area contributed by atoms with Crippen molar-refractivity contribution in [2.45, 2.75) is 18.9 Å². The van der Waals surface area contributed by atoms with E-state index in [1.54, 1.807) is 0 Å². The zero-order valence-corrected chi connectivity index (χ0v) is 15.4. The third kappa shape index (κ3) is 4.63. The fourth-order valence-electron chi connectivity index (χ4n) is 2.94. The van der Waals surface area contributed by atoms with E-state index < -0.39 is 30.4 Å². The van der Waals surface area contributed by atoms with Gasteiger partial charge in [-0.2, -0.15) is 18.4 Å². The van der Waals surface area contributed by atoms with E-state index in [-0.39, 0.29) is 16.8 Å². The van der Waals surface area contributed by atoms with Gasteiger partial charge in [-0.1, -0.05) is 30.3 Å². The van der Waals surface area contributed by atoms with Crippen LogP contribution in [0.25, 0.3) is 0 Å². The zero-order valence-electron chi connectivity index (χ0n) is 15.4. The van der Waals surface area contributed by atoms with Crippen molar-refractivity contribution in [2.24, 2.45) is 0 Å². The van der Waals surface area contributed by atoms with Crippen molar-refractivity contribution < 1.29 is 22.4 Å². The van der Waals surface area contributed by atoms with Crippen molar-refractivity contribution in [3.63, 3.8) is 0 Å². The largest absolute Gasteiger partial charge is 0.418 e. The van der Waals surface area contributed by atoms with Gasteiger partial charge in [0, 0.05) is 11.8 Å². The molecule has 3 rings (SSSR count). The minimum absolute atomic E-state index is 0.115. The van der Waals surface area contributed by atoms with E-state index in [1.807, 2.05) is 6.07 Å². The average Bonchev–Trinajstić information content (AvgIpc) is 2.77. The minimum Gasteiger partial charge on any atom is -0.340 e. The lowest BCUT2D eigenvalue weighted by atomic mass is 9.97. The summed E-state index contributed by atoms with van der Waals surface area (Å²) in [5.74, 6) is -0.676. The molecule has 4 nitrogen and oxygen atoms in total. The van der Waals surface area contributed by atoms with Gasteiger partial charge in [-0.3, -0.25) is 9.78 Å². The first-order valence-electron chi connectivity index (χ1n) is 8.81. The van der Waals surface area contributed by atoms with Crippen LogP contribution in [0.2, 0.25) is 0 Å². The normalized spacial score (nSPS) is 12.1. The number of nitriles is 1. The number of carbonyl (C=O) groups is 1. The van der Waals surface area contributed by atoms with Crippen LogP contribution in [0.5, 0.6) is 0 Å². The number of nitrogens with zero attached hydrogens (tertiary/aromatic N) is 2. The van der Waals surface area contributed by atoms with E-state index in [4.69, 9.17) is 5.26 Å². The Kier molecular flexibility index (Phi) is 6.11. The van der Waals surface area contributed by atoms with Crippen LogP contribution in [0.4, 0.5) is 17.6 Å². The summed E-state index contributed by atoms with van der Waals surface area (Å²) in [5, 5.41) is 11.6. The van der Waals surface area contributed by atoms with Gasteiger partial charge < -0.3 is 5.32 Å². The molecule has 0 radical (unpaired) electrons. The minimum atomic E-state index is -4.69. The number of pyridine rings is 1. The van der Waals surface area contributed by atoms with Crippen LogP contribution in [0.1, 0.15) is 44.3 Å². The molecule has 1 aromatic heterocycles. The van der Waals surface area contributed by atoms with Gasteiger partial charge >= 0.3 is 6.18 Å². The van der Waals surface area contributed by atoms with Crippen LogP contribution < -0.4 is 5.32 Å². The number of amides is 1. The molecule has 30 heavy (non-hydrogen) atoms. The number of hydrogen-bond acceptors (Lipinski definition) is 3. The highest BCUT2D eigenvalue weighted by atomic mass is 19.4. The van der Waals surface area contributed by atoms with Crippen LogP contribution in [-0.4, -0.2) is 10.9 Å². The fraction of sp³-hybridized carbons (Fsp3) is 0.136. The molecule has 0 aliphatic carbocycles. The quantitative estimate of drug-likeness (QED) is 0.601. The van der Waals surface area contributed by atoms with Crippen LogP contribution >= 0.6 is 0 Å². The van der Waals surface area contributed by atoms with Gasteiger partial charge in [0.2, 0.25) is 0 Å². The Morgan fingerprint density at radius 3 is 2.47 bits per heavy atom. The smallest absolute Gasteiger partial charge is 0.340 e. The molecule has 0 aliphatic heterocycles. The Bertz CT molecular complexity index is 1090. The molecule has 0 spiro atoms. The summed E-state index contributed by atoms with van der Waals surface area (Å²) >= 11 is 0. The molecule has 3 aromatic rings. The molecular formula is C22H15F4N3O. The third-order valence-corrected chi connectivity index (χ3v) is 4.41. The SMILES string of the molecule is N#Cc1cccc(C(=O)N[C@@H](c2ccc(CF)cc2)c2ncccc2C(F)(F)F)c1. The Labute approximate surface area is 169 Å². The monoisotopic (exact) mass is 413 g/mol. The number of nitrogens with one attached hydrogen (secondary N) is 1. The van der Waals surface area contributed by atoms with E-state index in [0.717, 1.165) is 12.1 Å². The van der Waals surface area contributed by atoms with Crippen LogP contribution in [0, 0.1) is 11.3 Å². The molecular weight excluding hydrogens is 398 g/mol. The Hall–Kier alpha value is -3.73. The summed E-state index contributed by atoms with van der Waals surface area (Å²) in [6.45, 7) is -0.727. The van der Waals surface area contributed by atoms with Gasteiger partial charge in [0.1, 0.15) is 6.67 Å². The topological polar surface area (TPSA) is 65.8 Å². The Morgan fingerprint density at radius 2 is 1.83 bits per heavy atom. The summed E-state index contributed by atoms with van der Waals surface area (Å²) in [7, 11) is 0. The number of rotatable bonds is 5. The number of carbonyl (C=O) groups excluding carboxylic acids is 1. The number of halogens is 4. The van der Waals surface area contributed by atoms with Crippen molar-refractivity contribution in [1.29, 1.82) is 5.26 Å². The number of aromatic nitrogens is 1. The van der Waals surface area contributed by atoms with Crippen molar-refractivity contribution in [3.8, 4) is 6.07 Å². The summed E-state index contributed by atoms with van der Waals surface area (Å²) in [6.07, 6.45) is -3.48. The summed E-state index contributed by atoms with van der Waals surface area (Å²) < 4.78 is 53.5. The van der Waals surface area contributed by atoms with E-state index in [1.165, 1.54) is 54.7 Å². The first-order chi connectivity index (χ1) is 14.3. The van der Waals surface area contributed by atoms with E-state index in [0.29, 0.717) is 11.1 Å². The molecule has 0 bridgehead atoms. The lowest BCUT2D eigenvalue weighted by molar-refractivity contribution is -0.138. The van der Waals surface area contributed by atoms with E-state index >= 15 is 0 Å².